The molecule has 0 spiro atoms. The Hall–Kier alpha value is -3.92. The van der Waals surface area contributed by atoms with Crippen molar-refractivity contribution in [3.05, 3.63) is 108 Å². The Morgan fingerprint density at radius 2 is 0.929 bits per heavy atom. The second-order valence-electron chi connectivity index (χ2n) is 5.90. The lowest BCUT2D eigenvalue weighted by atomic mass is 10.1. The van der Waals surface area contributed by atoms with Crippen LogP contribution in [-0.2, 0) is 9.59 Å². The van der Waals surface area contributed by atoms with Crippen LogP contribution < -0.4 is 0 Å². The van der Waals surface area contributed by atoms with Crippen molar-refractivity contribution in [3.8, 4) is 0 Å². The predicted molar refractivity (Wildman–Crippen MR) is 114 cm³/mol. The van der Waals surface area contributed by atoms with Gasteiger partial charge in [-0.2, -0.15) is 0 Å². The van der Waals surface area contributed by atoms with Crippen molar-refractivity contribution < 1.29 is 9.59 Å². The van der Waals surface area contributed by atoms with E-state index in [0.717, 1.165) is 11.1 Å². The fourth-order valence-corrected chi connectivity index (χ4v) is 2.39. The van der Waals surface area contributed by atoms with Crippen LogP contribution in [0.5, 0.6) is 0 Å². The summed E-state index contributed by atoms with van der Waals surface area (Å²) in [4.78, 5) is 31.9. The number of hydrogen-bond acceptors (Lipinski definition) is 2. The Kier molecular flexibility index (Phi) is 6.53. The highest BCUT2D eigenvalue weighted by molar-refractivity contribution is 6.23. The quantitative estimate of drug-likeness (QED) is 0.592. The van der Waals surface area contributed by atoms with E-state index < -0.39 is 0 Å². The maximum absolute atomic E-state index is 11.9. The molecular weight excluding hydrogens is 348 g/mol. The molecule has 0 radical (unpaired) electrons. The number of allylic oxidation sites excluding steroid dienone is 4. The number of carbonyl (C=O) groups is 2. The van der Waals surface area contributed by atoms with Gasteiger partial charge in [0.2, 0.25) is 0 Å². The molecule has 4 heteroatoms. The van der Waals surface area contributed by atoms with Gasteiger partial charge in [0.05, 0.1) is 11.4 Å². The zero-order valence-electron chi connectivity index (χ0n) is 15.1. The number of amides is 2. The van der Waals surface area contributed by atoms with Gasteiger partial charge in [-0.3, -0.25) is 9.59 Å². The summed E-state index contributed by atoms with van der Waals surface area (Å²) in [5.74, 6) is -0.703. The van der Waals surface area contributed by atoms with Crippen molar-refractivity contribution in [2.24, 2.45) is 9.98 Å². The zero-order valence-corrected chi connectivity index (χ0v) is 15.1. The molecule has 0 N–H and O–H groups in total. The molecular formula is C24H18N2O2. The average molecular weight is 366 g/mol. The molecule has 0 fully saturated rings. The Morgan fingerprint density at radius 3 is 1.29 bits per heavy atom. The molecule has 136 valence electrons. The highest BCUT2D eigenvalue weighted by Crippen LogP contribution is 2.04. The lowest BCUT2D eigenvalue weighted by Gasteiger charge is -2.00. The van der Waals surface area contributed by atoms with Crippen LogP contribution in [-0.4, -0.2) is 23.2 Å². The second-order valence-corrected chi connectivity index (χ2v) is 5.90. The number of hydrogen-bond donors (Lipinski definition) is 0. The summed E-state index contributed by atoms with van der Waals surface area (Å²) >= 11 is 0. The summed E-state index contributed by atoms with van der Waals surface area (Å²) < 4.78 is 0. The third-order valence-corrected chi connectivity index (χ3v) is 3.76. The van der Waals surface area contributed by atoms with Gasteiger partial charge in [-0.15, -0.1) is 0 Å². The molecule has 0 saturated carbocycles. The van der Waals surface area contributed by atoms with Crippen molar-refractivity contribution in [1.82, 2.24) is 0 Å². The van der Waals surface area contributed by atoms with Gasteiger partial charge in [0.15, 0.2) is 0 Å². The van der Waals surface area contributed by atoms with Crippen LogP contribution in [0.3, 0.4) is 0 Å². The summed E-state index contributed by atoms with van der Waals surface area (Å²) in [6.45, 7) is 0. The first-order chi connectivity index (χ1) is 13.7. The Bertz CT molecular complexity index is 923. The summed E-state index contributed by atoms with van der Waals surface area (Å²) in [6.07, 6.45) is 12.9. The minimum Gasteiger partial charge on any atom is -0.267 e. The van der Waals surface area contributed by atoms with Crippen LogP contribution >= 0.6 is 0 Å². The topological polar surface area (TPSA) is 58.9 Å². The van der Waals surface area contributed by atoms with Gasteiger partial charge in [0.1, 0.15) is 0 Å². The summed E-state index contributed by atoms with van der Waals surface area (Å²) in [6, 6.07) is 19.1. The Morgan fingerprint density at radius 1 is 0.571 bits per heavy atom. The molecule has 2 aromatic rings. The maximum atomic E-state index is 11.9. The maximum Gasteiger partial charge on any atom is 0.270 e. The first-order valence-electron chi connectivity index (χ1n) is 8.77. The first-order valence-corrected chi connectivity index (χ1v) is 8.77. The van der Waals surface area contributed by atoms with E-state index in [-0.39, 0.29) is 11.8 Å². The highest BCUT2D eigenvalue weighted by Gasteiger charge is 2.03. The Balaban J connectivity index is 1.58. The van der Waals surface area contributed by atoms with Crippen molar-refractivity contribution in [2.75, 3.05) is 0 Å². The van der Waals surface area contributed by atoms with Crippen LogP contribution in [0.4, 0.5) is 0 Å². The summed E-state index contributed by atoms with van der Waals surface area (Å²) in [5.41, 5.74) is 2.88. The van der Waals surface area contributed by atoms with Crippen LogP contribution in [0, 0.1) is 0 Å². The molecule has 2 aromatic carbocycles. The van der Waals surface area contributed by atoms with Gasteiger partial charge in [-0.25, -0.2) is 9.98 Å². The number of aliphatic imine (C=N–C) groups is 2. The van der Waals surface area contributed by atoms with E-state index in [4.69, 9.17) is 0 Å². The van der Waals surface area contributed by atoms with Gasteiger partial charge in [0.25, 0.3) is 11.8 Å². The van der Waals surface area contributed by atoms with Gasteiger partial charge < -0.3 is 0 Å². The lowest BCUT2D eigenvalue weighted by Crippen LogP contribution is -2.04. The standard InChI is InChI=1S/C24H18N2O2/c27-23(17-11-19-7-3-1-4-8-19)25-21-13-15-22(16-14-21)26-24(28)18-12-20-9-5-2-6-10-20/h1-18H/b17-11+,18-12+,25-21?,26-22?. The monoisotopic (exact) mass is 366 g/mol. The van der Waals surface area contributed by atoms with Crippen molar-refractivity contribution in [3.63, 3.8) is 0 Å². The van der Waals surface area contributed by atoms with Gasteiger partial charge in [0, 0.05) is 12.2 Å². The van der Waals surface area contributed by atoms with Crippen molar-refractivity contribution in [1.29, 1.82) is 0 Å². The molecule has 1 aliphatic carbocycles. The number of rotatable bonds is 4. The van der Waals surface area contributed by atoms with Gasteiger partial charge in [-0.1, -0.05) is 60.7 Å². The molecule has 0 heterocycles. The third-order valence-electron chi connectivity index (χ3n) is 3.76. The van der Waals surface area contributed by atoms with Crippen LogP contribution in [0.15, 0.2) is 107 Å². The minimum atomic E-state index is -0.351. The second kappa shape index (κ2) is 9.69. The molecule has 2 amide bonds. The third kappa shape index (κ3) is 6.11. The molecule has 3 rings (SSSR count). The summed E-state index contributed by atoms with van der Waals surface area (Å²) in [7, 11) is 0. The largest absolute Gasteiger partial charge is 0.270 e. The van der Waals surface area contributed by atoms with E-state index in [1.54, 1.807) is 36.5 Å². The molecule has 28 heavy (non-hydrogen) atoms. The van der Waals surface area contributed by atoms with Crippen LogP contribution in [0.1, 0.15) is 11.1 Å². The van der Waals surface area contributed by atoms with E-state index in [0.29, 0.717) is 11.4 Å². The number of carbonyl (C=O) groups excluding carboxylic acids is 2. The van der Waals surface area contributed by atoms with Crippen LogP contribution in [0.25, 0.3) is 12.2 Å². The lowest BCUT2D eigenvalue weighted by molar-refractivity contribution is -0.114. The molecule has 0 unspecified atom stereocenters. The average Bonchev–Trinajstić information content (AvgIpc) is 2.74. The molecule has 0 saturated heterocycles. The first kappa shape index (κ1) is 18.9. The van der Waals surface area contributed by atoms with E-state index in [2.05, 4.69) is 9.98 Å². The minimum absolute atomic E-state index is 0.351. The molecule has 4 nitrogen and oxygen atoms in total. The van der Waals surface area contributed by atoms with E-state index in [9.17, 15) is 9.59 Å². The van der Waals surface area contributed by atoms with E-state index in [1.807, 2.05) is 60.7 Å². The predicted octanol–water partition coefficient (Wildman–Crippen LogP) is 4.47. The fraction of sp³-hybridized carbons (Fsp3) is 0. The number of nitrogens with zero attached hydrogens (tertiary/aromatic N) is 2. The van der Waals surface area contributed by atoms with Crippen molar-refractivity contribution in [2.45, 2.75) is 0 Å². The molecule has 0 aliphatic heterocycles. The summed E-state index contributed by atoms with van der Waals surface area (Å²) in [5, 5.41) is 0. The molecule has 0 atom stereocenters. The molecule has 1 aliphatic rings. The Labute approximate surface area is 163 Å². The molecule has 0 bridgehead atoms. The van der Waals surface area contributed by atoms with E-state index >= 15 is 0 Å². The van der Waals surface area contributed by atoms with Gasteiger partial charge in [-0.05, 0) is 47.6 Å². The fourth-order valence-electron chi connectivity index (χ4n) is 2.39. The normalized spacial score (nSPS) is 13.3. The SMILES string of the molecule is O=C(/C=C/c1ccccc1)N=C1C=CC(=NC(=O)/C=C/c2ccccc2)C=C1. The number of benzene rings is 2. The van der Waals surface area contributed by atoms with Gasteiger partial charge >= 0.3 is 0 Å². The molecule has 0 aromatic heterocycles. The van der Waals surface area contributed by atoms with Crippen LogP contribution in [0.2, 0.25) is 0 Å². The van der Waals surface area contributed by atoms with E-state index in [1.165, 1.54) is 12.2 Å². The highest BCUT2D eigenvalue weighted by atomic mass is 16.1. The smallest absolute Gasteiger partial charge is 0.267 e. The van der Waals surface area contributed by atoms with Crippen molar-refractivity contribution >= 4 is 35.4 Å². The zero-order chi connectivity index (χ0) is 19.6.